The van der Waals surface area contributed by atoms with Gasteiger partial charge in [0.2, 0.25) is 5.60 Å². The van der Waals surface area contributed by atoms with Gasteiger partial charge in [-0.3, -0.25) is 0 Å². The van der Waals surface area contributed by atoms with E-state index >= 15 is 0 Å². The van der Waals surface area contributed by atoms with Gasteiger partial charge in [-0.1, -0.05) is 29.6 Å². The lowest BCUT2D eigenvalue weighted by Gasteiger charge is -2.34. The van der Waals surface area contributed by atoms with Crippen molar-refractivity contribution in [2.75, 3.05) is 0 Å². The minimum Gasteiger partial charge on any atom is -0.478 e. The second-order valence-electron chi connectivity index (χ2n) is 8.90. The van der Waals surface area contributed by atoms with E-state index in [4.69, 9.17) is 27.9 Å². The first-order valence-corrected chi connectivity index (χ1v) is 11.7. The van der Waals surface area contributed by atoms with E-state index in [0.717, 1.165) is 31.4 Å². The zero-order valence-corrected chi connectivity index (χ0v) is 20.2. The van der Waals surface area contributed by atoms with Gasteiger partial charge < -0.3 is 14.4 Å². The first-order valence-electron chi connectivity index (χ1n) is 11.0. The first kappa shape index (κ1) is 24.7. The summed E-state index contributed by atoms with van der Waals surface area (Å²) in [6, 6.07) is 7.26. The van der Waals surface area contributed by atoms with Crippen molar-refractivity contribution in [3.8, 4) is 5.75 Å². The molecule has 0 spiro atoms. The second kappa shape index (κ2) is 9.00. The van der Waals surface area contributed by atoms with Crippen molar-refractivity contribution < 1.29 is 27.8 Å². The normalized spacial score (nSPS) is 16.1. The van der Waals surface area contributed by atoms with E-state index in [-0.39, 0.29) is 17.2 Å². The lowest BCUT2D eigenvalue weighted by atomic mass is 9.84. The Kier molecular flexibility index (Phi) is 6.55. The van der Waals surface area contributed by atoms with Crippen molar-refractivity contribution in [1.82, 2.24) is 4.57 Å². The topological polar surface area (TPSA) is 51.5 Å². The lowest BCUT2D eigenvalue weighted by molar-refractivity contribution is -0.158. The minimum absolute atomic E-state index is 0.205. The smallest absolute Gasteiger partial charge is 0.416 e. The van der Waals surface area contributed by atoms with Crippen LogP contribution in [-0.4, -0.2) is 21.2 Å². The molecule has 0 aliphatic heterocycles. The summed E-state index contributed by atoms with van der Waals surface area (Å²) in [4.78, 5) is 12.0. The molecule has 0 atom stereocenters. The number of carbonyl (C=O) groups is 1. The fourth-order valence-corrected chi connectivity index (χ4v) is 5.23. The number of carboxylic acid groups (broad SMARTS) is 1. The number of carboxylic acids is 1. The van der Waals surface area contributed by atoms with Crippen molar-refractivity contribution in [3.05, 3.63) is 62.8 Å². The zero-order valence-electron chi connectivity index (χ0n) is 18.7. The number of aliphatic carboxylic acids is 1. The molecule has 2 aromatic carbocycles. The molecular formula is C25H24Cl2F3NO3. The quantitative estimate of drug-likeness (QED) is 0.382. The maximum absolute atomic E-state index is 13.3. The molecule has 0 amide bonds. The summed E-state index contributed by atoms with van der Waals surface area (Å²) >= 11 is 13.1. The van der Waals surface area contributed by atoms with Crippen LogP contribution in [-0.2, 0) is 24.4 Å². The fourth-order valence-electron chi connectivity index (χ4n) is 4.69. The number of aromatic nitrogens is 1. The van der Waals surface area contributed by atoms with E-state index in [2.05, 4.69) is 0 Å². The van der Waals surface area contributed by atoms with Gasteiger partial charge in [-0.15, -0.1) is 0 Å². The number of ether oxygens (including phenoxy) is 1. The van der Waals surface area contributed by atoms with Gasteiger partial charge in [0, 0.05) is 35.1 Å². The van der Waals surface area contributed by atoms with E-state index in [1.54, 1.807) is 30.7 Å². The first-order chi connectivity index (χ1) is 15.9. The Labute approximate surface area is 205 Å². The summed E-state index contributed by atoms with van der Waals surface area (Å²) < 4.78 is 47.6. The van der Waals surface area contributed by atoms with Crippen LogP contribution >= 0.6 is 23.2 Å². The van der Waals surface area contributed by atoms with Crippen LogP contribution in [0.25, 0.3) is 10.9 Å². The number of hydrogen-bond acceptors (Lipinski definition) is 2. The minimum atomic E-state index is -4.44. The third-order valence-electron chi connectivity index (χ3n) is 6.66. The molecule has 1 N–H and O–H groups in total. The van der Waals surface area contributed by atoms with Gasteiger partial charge in [-0.25, -0.2) is 4.79 Å². The molecular weight excluding hydrogens is 490 g/mol. The number of fused-ring (bicyclic) bond motifs is 1. The van der Waals surface area contributed by atoms with Crippen LogP contribution < -0.4 is 4.74 Å². The number of aryl methyl sites for hydroxylation is 2. The Balaban J connectivity index is 1.73. The van der Waals surface area contributed by atoms with Crippen molar-refractivity contribution in [1.29, 1.82) is 0 Å². The predicted octanol–water partition coefficient (Wildman–Crippen LogP) is 7.57. The highest BCUT2D eigenvalue weighted by atomic mass is 35.5. The van der Waals surface area contributed by atoms with Crippen LogP contribution in [0.1, 0.15) is 54.5 Å². The van der Waals surface area contributed by atoms with E-state index in [0.29, 0.717) is 45.6 Å². The largest absolute Gasteiger partial charge is 0.478 e. The third kappa shape index (κ3) is 4.48. The number of benzene rings is 2. The van der Waals surface area contributed by atoms with Crippen LogP contribution in [0.2, 0.25) is 10.0 Å². The Morgan fingerprint density at radius 1 is 1.15 bits per heavy atom. The Morgan fingerprint density at radius 3 is 2.44 bits per heavy atom. The Hall–Kier alpha value is -2.38. The number of nitrogens with zero attached hydrogens (tertiary/aromatic N) is 1. The van der Waals surface area contributed by atoms with Crippen molar-refractivity contribution in [2.24, 2.45) is 7.05 Å². The molecule has 4 nitrogen and oxygen atoms in total. The highest BCUT2D eigenvalue weighted by Crippen LogP contribution is 2.41. The van der Waals surface area contributed by atoms with Crippen LogP contribution in [0.5, 0.6) is 5.75 Å². The molecule has 0 saturated heterocycles. The maximum Gasteiger partial charge on any atom is 0.416 e. The van der Waals surface area contributed by atoms with Gasteiger partial charge in [0.05, 0.1) is 10.6 Å². The van der Waals surface area contributed by atoms with Crippen molar-refractivity contribution in [3.63, 3.8) is 0 Å². The fraction of sp³-hybridized carbons (Fsp3) is 0.400. The number of rotatable bonds is 5. The third-order valence-corrected chi connectivity index (χ3v) is 7.43. The van der Waals surface area contributed by atoms with Gasteiger partial charge in [0.25, 0.3) is 0 Å². The molecule has 1 heterocycles. The molecule has 0 radical (unpaired) electrons. The van der Waals surface area contributed by atoms with Gasteiger partial charge >= 0.3 is 12.1 Å². The van der Waals surface area contributed by atoms with Crippen LogP contribution in [0.15, 0.2) is 30.3 Å². The molecule has 0 unspecified atom stereocenters. The number of alkyl halides is 3. The highest BCUT2D eigenvalue weighted by Gasteiger charge is 2.42. The van der Waals surface area contributed by atoms with E-state index < -0.39 is 23.3 Å². The zero-order chi connectivity index (χ0) is 24.8. The Morgan fingerprint density at radius 2 is 1.82 bits per heavy atom. The average Bonchev–Trinajstić information content (AvgIpc) is 3.09. The monoisotopic (exact) mass is 513 g/mol. The molecule has 1 aliphatic rings. The van der Waals surface area contributed by atoms with Crippen LogP contribution in [0.4, 0.5) is 13.2 Å². The number of halogens is 5. The van der Waals surface area contributed by atoms with Crippen molar-refractivity contribution >= 4 is 40.1 Å². The number of hydrogen-bond donors (Lipinski definition) is 1. The van der Waals surface area contributed by atoms with E-state index in [1.807, 2.05) is 6.07 Å². The molecule has 34 heavy (non-hydrogen) atoms. The Bertz CT molecular complexity index is 1260. The molecule has 1 saturated carbocycles. The molecule has 1 aliphatic carbocycles. The summed E-state index contributed by atoms with van der Waals surface area (Å²) in [5.74, 6) is -0.788. The van der Waals surface area contributed by atoms with E-state index in [9.17, 15) is 23.1 Å². The standard InChI is InChI=1S/C25H24Cl2F3NO3/c1-14-10-15(25(28,29)30)11-20-17(14)12-16(31(20)2)13-18-19(26)6-7-21(22(18)27)34-24(23(32)33)8-4-3-5-9-24/h6-7,10-12H,3-5,8-9,13H2,1-2H3,(H,32,33). The summed E-state index contributed by atoms with van der Waals surface area (Å²) in [6.45, 7) is 1.64. The van der Waals surface area contributed by atoms with Crippen LogP contribution in [0.3, 0.4) is 0 Å². The summed E-state index contributed by atoms with van der Waals surface area (Å²) in [6.07, 6.45) is -0.975. The highest BCUT2D eigenvalue weighted by molar-refractivity contribution is 6.37. The molecule has 1 fully saturated rings. The van der Waals surface area contributed by atoms with Gasteiger partial charge in [0.1, 0.15) is 5.75 Å². The molecule has 9 heteroatoms. The molecule has 3 aromatic rings. The molecule has 182 valence electrons. The van der Waals surface area contributed by atoms with E-state index in [1.165, 1.54) is 0 Å². The van der Waals surface area contributed by atoms with Gasteiger partial charge in [-0.2, -0.15) is 13.2 Å². The lowest BCUT2D eigenvalue weighted by Crippen LogP contribution is -2.46. The van der Waals surface area contributed by atoms with Crippen LogP contribution in [0, 0.1) is 6.92 Å². The SMILES string of the molecule is Cc1cc(C(F)(F)F)cc2c1cc(Cc1c(Cl)ccc(OC3(C(=O)O)CCCCC3)c1Cl)n2C. The van der Waals surface area contributed by atoms with Gasteiger partial charge in [0.15, 0.2) is 0 Å². The second-order valence-corrected chi connectivity index (χ2v) is 9.68. The molecule has 4 rings (SSSR count). The average molecular weight is 514 g/mol. The van der Waals surface area contributed by atoms with Crippen molar-refractivity contribution in [2.45, 2.75) is 57.2 Å². The van der Waals surface area contributed by atoms with Gasteiger partial charge in [-0.05, 0) is 74.1 Å². The predicted molar refractivity (Wildman–Crippen MR) is 126 cm³/mol. The summed E-state index contributed by atoms with van der Waals surface area (Å²) in [7, 11) is 1.70. The maximum atomic E-state index is 13.3. The molecule has 0 bridgehead atoms. The summed E-state index contributed by atoms with van der Waals surface area (Å²) in [5, 5.41) is 11.1. The molecule has 1 aromatic heterocycles. The summed E-state index contributed by atoms with van der Waals surface area (Å²) in [5.41, 5.74) is 0.164.